The zero-order valence-electron chi connectivity index (χ0n) is 16.8. The first-order chi connectivity index (χ1) is 14.3. The van der Waals surface area contributed by atoms with Crippen LogP contribution >= 0.6 is 11.6 Å². The molecule has 1 aromatic heterocycles. The molecule has 30 heavy (non-hydrogen) atoms. The van der Waals surface area contributed by atoms with E-state index >= 15 is 0 Å². The Bertz CT molecular complexity index is 1040. The van der Waals surface area contributed by atoms with Crippen LogP contribution in [0.15, 0.2) is 54.6 Å². The van der Waals surface area contributed by atoms with Crippen LogP contribution in [0.2, 0.25) is 5.02 Å². The van der Waals surface area contributed by atoms with Crippen molar-refractivity contribution in [3.8, 4) is 5.69 Å². The summed E-state index contributed by atoms with van der Waals surface area (Å²) in [5.74, 6) is -0.849. The van der Waals surface area contributed by atoms with E-state index in [9.17, 15) is 14.0 Å². The van der Waals surface area contributed by atoms with E-state index in [1.54, 1.807) is 24.3 Å². The highest BCUT2D eigenvalue weighted by Gasteiger charge is 2.13. The number of halogens is 2. The molecular formula is C23H23ClFN3O2. The number of nitrogens with zero attached hydrogens (tertiary/aromatic N) is 1. The van der Waals surface area contributed by atoms with E-state index in [0.29, 0.717) is 10.6 Å². The summed E-state index contributed by atoms with van der Waals surface area (Å²) in [4.78, 5) is 24.5. The first kappa shape index (κ1) is 21.6. The van der Waals surface area contributed by atoms with E-state index in [2.05, 4.69) is 10.6 Å². The number of aromatic nitrogens is 1. The molecule has 156 valence electrons. The second kappa shape index (κ2) is 9.59. The highest BCUT2D eigenvalue weighted by Crippen LogP contribution is 2.23. The lowest BCUT2D eigenvalue weighted by Crippen LogP contribution is -2.35. The van der Waals surface area contributed by atoms with Gasteiger partial charge in [-0.25, -0.2) is 4.39 Å². The third-order valence-corrected chi connectivity index (χ3v) is 5.06. The van der Waals surface area contributed by atoms with Gasteiger partial charge in [-0.2, -0.15) is 0 Å². The van der Waals surface area contributed by atoms with Crippen molar-refractivity contribution in [2.24, 2.45) is 0 Å². The van der Waals surface area contributed by atoms with Crippen LogP contribution in [0, 0.1) is 19.7 Å². The maximum Gasteiger partial charge on any atom is 0.252 e. The molecule has 5 nitrogen and oxygen atoms in total. The molecule has 7 heteroatoms. The van der Waals surface area contributed by atoms with Gasteiger partial charge in [0.15, 0.2) is 0 Å². The number of amides is 2. The van der Waals surface area contributed by atoms with Gasteiger partial charge >= 0.3 is 0 Å². The molecule has 2 aromatic carbocycles. The minimum Gasteiger partial charge on any atom is -0.354 e. The summed E-state index contributed by atoms with van der Waals surface area (Å²) in [6, 6.07) is 15.1. The Labute approximate surface area is 179 Å². The van der Waals surface area contributed by atoms with E-state index in [0.717, 1.165) is 22.6 Å². The second-order valence-corrected chi connectivity index (χ2v) is 7.43. The fourth-order valence-electron chi connectivity index (χ4n) is 3.23. The van der Waals surface area contributed by atoms with Crippen LogP contribution in [0.5, 0.6) is 0 Å². The maximum absolute atomic E-state index is 12.9. The molecule has 0 bridgehead atoms. The van der Waals surface area contributed by atoms with Gasteiger partial charge in [0, 0.05) is 30.2 Å². The predicted molar refractivity (Wildman–Crippen MR) is 116 cm³/mol. The molecule has 0 aliphatic rings. The normalized spacial score (nSPS) is 10.7. The second-order valence-electron chi connectivity index (χ2n) is 7.02. The lowest BCUT2D eigenvalue weighted by Gasteiger charge is -2.13. The van der Waals surface area contributed by atoms with Crippen molar-refractivity contribution >= 4 is 23.4 Å². The van der Waals surface area contributed by atoms with Gasteiger partial charge in [0.1, 0.15) is 5.82 Å². The van der Waals surface area contributed by atoms with Crippen LogP contribution in [-0.2, 0) is 11.2 Å². The number of carbonyl (C=O) groups is 2. The summed E-state index contributed by atoms with van der Waals surface area (Å²) in [5.41, 5.74) is 4.07. The van der Waals surface area contributed by atoms with E-state index < -0.39 is 0 Å². The quantitative estimate of drug-likeness (QED) is 0.560. The average molecular weight is 428 g/mol. The number of rotatable bonds is 7. The molecule has 1 heterocycles. The zero-order valence-corrected chi connectivity index (χ0v) is 17.6. The monoisotopic (exact) mass is 427 g/mol. The standard InChI is InChI=1S/C23H23ClFN3O2/c1-15-3-4-16(2)28(15)19-9-10-21(24)20(14-19)23(30)27-12-11-26-22(29)13-17-5-7-18(25)8-6-17/h3-10,14H,11-13H2,1-2H3,(H,26,29)(H,27,30). The van der Waals surface area contributed by atoms with Crippen LogP contribution in [0.1, 0.15) is 27.3 Å². The van der Waals surface area contributed by atoms with Crippen molar-refractivity contribution < 1.29 is 14.0 Å². The highest BCUT2D eigenvalue weighted by atomic mass is 35.5. The van der Waals surface area contributed by atoms with Gasteiger partial charge in [-0.1, -0.05) is 23.7 Å². The Kier molecular flexibility index (Phi) is 6.90. The fraction of sp³-hybridized carbons (Fsp3) is 0.217. The van der Waals surface area contributed by atoms with Crippen LogP contribution in [0.3, 0.4) is 0 Å². The third-order valence-electron chi connectivity index (χ3n) is 4.73. The van der Waals surface area contributed by atoms with Gasteiger partial charge in [-0.15, -0.1) is 0 Å². The molecule has 0 saturated heterocycles. The van der Waals surface area contributed by atoms with Crippen molar-refractivity contribution in [3.05, 3.63) is 88.0 Å². The lowest BCUT2D eigenvalue weighted by molar-refractivity contribution is -0.120. The Hall–Kier alpha value is -3.12. The Balaban J connectivity index is 1.54. The molecule has 0 atom stereocenters. The molecule has 0 fully saturated rings. The van der Waals surface area contributed by atoms with Crippen molar-refractivity contribution in [1.29, 1.82) is 0 Å². The molecule has 0 unspecified atom stereocenters. The van der Waals surface area contributed by atoms with Gasteiger partial charge in [-0.3, -0.25) is 9.59 Å². The lowest BCUT2D eigenvalue weighted by atomic mass is 10.1. The summed E-state index contributed by atoms with van der Waals surface area (Å²) in [5, 5.41) is 5.86. The SMILES string of the molecule is Cc1ccc(C)n1-c1ccc(Cl)c(C(=O)NCCNC(=O)Cc2ccc(F)cc2)c1. The van der Waals surface area contributed by atoms with Gasteiger partial charge in [0.25, 0.3) is 5.91 Å². The average Bonchev–Trinajstić information content (AvgIpc) is 3.05. The fourth-order valence-corrected chi connectivity index (χ4v) is 3.43. The first-order valence-electron chi connectivity index (χ1n) is 9.59. The smallest absolute Gasteiger partial charge is 0.252 e. The molecule has 3 aromatic rings. The van der Waals surface area contributed by atoms with Crippen molar-refractivity contribution in [3.63, 3.8) is 0 Å². The minimum atomic E-state index is -0.341. The molecule has 0 aliphatic heterocycles. The molecule has 0 spiro atoms. The number of nitrogens with one attached hydrogen (secondary N) is 2. The number of hydrogen-bond donors (Lipinski definition) is 2. The van der Waals surface area contributed by atoms with Gasteiger partial charge < -0.3 is 15.2 Å². The Morgan fingerprint density at radius 1 is 0.933 bits per heavy atom. The van der Waals surface area contributed by atoms with Crippen molar-refractivity contribution in [2.75, 3.05) is 13.1 Å². The Morgan fingerprint density at radius 3 is 2.23 bits per heavy atom. The molecule has 0 saturated carbocycles. The molecule has 0 aliphatic carbocycles. The topological polar surface area (TPSA) is 63.1 Å². The van der Waals surface area contributed by atoms with Crippen LogP contribution in [0.4, 0.5) is 4.39 Å². The van der Waals surface area contributed by atoms with Crippen LogP contribution in [0.25, 0.3) is 5.69 Å². The van der Waals surface area contributed by atoms with E-state index in [4.69, 9.17) is 11.6 Å². The maximum atomic E-state index is 12.9. The van der Waals surface area contributed by atoms with Crippen LogP contribution < -0.4 is 10.6 Å². The summed E-state index contributed by atoms with van der Waals surface area (Å²) in [6.45, 7) is 4.53. The molecule has 2 amide bonds. The number of benzene rings is 2. The zero-order chi connectivity index (χ0) is 21.7. The van der Waals surface area contributed by atoms with Gasteiger partial charge in [0.05, 0.1) is 17.0 Å². The Morgan fingerprint density at radius 2 is 1.57 bits per heavy atom. The summed E-state index contributed by atoms with van der Waals surface area (Å²) in [6.07, 6.45) is 0.150. The molecular weight excluding hydrogens is 405 g/mol. The number of carbonyl (C=O) groups excluding carboxylic acids is 2. The third kappa shape index (κ3) is 5.27. The summed E-state index contributed by atoms with van der Waals surface area (Å²) >= 11 is 6.23. The summed E-state index contributed by atoms with van der Waals surface area (Å²) in [7, 11) is 0. The minimum absolute atomic E-state index is 0.150. The van der Waals surface area contributed by atoms with E-state index in [1.165, 1.54) is 12.1 Å². The number of hydrogen-bond acceptors (Lipinski definition) is 2. The molecule has 2 N–H and O–H groups in total. The van der Waals surface area contributed by atoms with Crippen molar-refractivity contribution in [2.45, 2.75) is 20.3 Å². The molecule has 0 radical (unpaired) electrons. The predicted octanol–water partition coefficient (Wildman–Crippen LogP) is 3.98. The van der Waals surface area contributed by atoms with Crippen LogP contribution in [-0.4, -0.2) is 29.5 Å². The van der Waals surface area contributed by atoms with E-state index in [1.807, 2.05) is 36.6 Å². The van der Waals surface area contributed by atoms with Gasteiger partial charge in [0.2, 0.25) is 5.91 Å². The number of aryl methyl sites for hydroxylation is 2. The first-order valence-corrected chi connectivity index (χ1v) is 9.97. The van der Waals surface area contributed by atoms with Gasteiger partial charge in [-0.05, 0) is 61.9 Å². The molecule has 3 rings (SSSR count). The van der Waals surface area contributed by atoms with E-state index in [-0.39, 0.29) is 37.1 Å². The largest absolute Gasteiger partial charge is 0.354 e. The summed E-state index contributed by atoms with van der Waals surface area (Å²) < 4.78 is 15.0. The highest BCUT2D eigenvalue weighted by molar-refractivity contribution is 6.33. The van der Waals surface area contributed by atoms with Crippen molar-refractivity contribution in [1.82, 2.24) is 15.2 Å².